The highest BCUT2D eigenvalue weighted by atomic mass is 16.5. The quantitative estimate of drug-likeness (QED) is 0.548. The van der Waals surface area contributed by atoms with E-state index in [1.807, 2.05) is 50.2 Å². The third-order valence-electron chi connectivity index (χ3n) is 5.06. The molecule has 3 aromatic rings. The lowest BCUT2D eigenvalue weighted by Gasteiger charge is -2.26. The Morgan fingerprint density at radius 3 is 1.79 bits per heavy atom. The molecule has 4 rings (SSSR count). The smallest absolute Gasteiger partial charge is 0.0976 e. The molecule has 0 aliphatic carbocycles. The number of hydrogen-bond donors (Lipinski definition) is 0. The average molecular weight is 366 g/mol. The molecule has 0 aromatic heterocycles. The van der Waals surface area contributed by atoms with Crippen LogP contribution in [0.1, 0.15) is 19.4 Å². The van der Waals surface area contributed by atoms with Crippen LogP contribution in [0.25, 0.3) is 5.57 Å². The Hall–Kier alpha value is -3.35. The molecule has 3 aromatic carbocycles. The van der Waals surface area contributed by atoms with Gasteiger partial charge in [-0.05, 0) is 55.8 Å². The summed E-state index contributed by atoms with van der Waals surface area (Å²) in [5.41, 5.74) is 5.53. The SMILES string of the molecule is CC1(C)OCC(C#N)=C1c1ccc(N(c2ccccc2)c2ccccc2)cc1. The molecule has 1 heterocycles. The Morgan fingerprint density at radius 2 is 1.29 bits per heavy atom. The summed E-state index contributed by atoms with van der Waals surface area (Å²) >= 11 is 0. The Bertz CT molecular complexity index is 990. The van der Waals surface area contributed by atoms with Crippen molar-refractivity contribution in [3.63, 3.8) is 0 Å². The number of para-hydroxylation sites is 2. The lowest BCUT2D eigenvalue weighted by atomic mass is 9.89. The molecule has 0 bridgehead atoms. The molecule has 0 atom stereocenters. The van der Waals surface area contributed by atoms with Gasteiger partial charge in [0, 0.05) is 22.6 Å². The van der Waals surface area contributed by atoms with Crippen molar-refractivity contribution in [1.82, 2.24) is 0 Å². The molecule has 138 valence electrons. The van der Waals surface area contributed by atoms with Gasteiger partial charge in [0.25, 0.3) is 0 Å². The number of hydrogen-bond acceptors (Lipinski definition) is 3. The minimum absolute atomic E-state index is 0.376. The monoisotopic (exact) mass is 366 g/mol. The van der Waals surface area contributed by atoms with Crippen LogP contribution in [-0.2, 0) is 4.74 Å². The van der Waals surface area contributed by atoms with Gasteiger partial charge < -0.3 is 9.64 Å². The third kappa shape index (κ3) is 3.31. The van der Waals surface area contributed by atoms with Gasteiger partial charge in [-0.3, -0.25) is 0 Å². The van der Waals surface area contributed by atoms with E-state index in [0.717, 1.165) is 28.2 Å². The van der Waals surface area contributed by atoms with Crippen molar-refractivity contribution >= 4 is 22.6 Å². The van der Waals surface area contributed by atoms with Gasteiger partial charge in [-0.15, -0.1) is 0 Å². The molecular weight excluding hydrogens is 344 g/mol. The van der Waals surface area contributed by atoms with E-state index in [-0.39, 0.29) is 0 Å². The summed E-state index contributed by atoms with van der Waals surface area (Å²) in [6.07, 6.45) is 0. The molecule has 0 amide bonds. The van der Waals surface area contributed by atoms with Crippen LogP contribution in [0.4, 0.5) is 17.1 Å². The van der Waals surface area contributed by atoms with Gasteiger partial charge in [-0.1, -0.05) is 48.5 Å². The Kier molecular flexibility index (Phi) is 4.73. The summed E-state index contributed by atoms with van der Waals surface area (Å²) in [5, 5.41) is 9.47. The molecule has 3 nitrogen and oxygen atoms in total. The fourth-order valence-corrected chi connectivity index (χ4v) is 3.75. The van der Waals surface area contributed by atoms with Crippen molar-refractivity contribution in [3.05, 3.63) is 96.1 Å². The Balaban J connectivity index is 1.77. The molecule has 0 saturated heterocycles. The van der Waals surface area contributed by atoms with Gasteiger partial charge in [-0.25, -0.2) is 0 Å². The van der Waals surface area contributed by atoms with Gasteiger partial charge in [0.2, 0.25) is 0 Å². The minimum Gasteiger partial charge on any atom is -0.365 e. The summed E-state index contributed by atoms with van der Waals surface area (Å²) < 4.78 is 5.82. The largest absolute Gasteiger partial charge is 0.365 e. The van der Waals surface area contributed by atoms with E-state index >= 15 is 0 Å². The highest BCUT2D eigenvalue weighted by molar-refractivity contribution is 5.82. The second kappa shape index (κ2) is 7.34. The standard InChI is InChI=1S/C25H22N2O/c1-25(2)24(20(17-26)18-28-25)19-13-15-23(16-14-19)27(21-9-5-3-6-10-21)22-11-7-4-8-12-22/h3-16H,18H2,1-2H3. The maximum atomic E-state index is 9.47. The molecule has 1 aliphatic rings. The number of ether oxygens (including phenoxy) is 1. The van der Waals surface area contributed by atoms with Crippen LogP contribution in [0.2, 0.25) is 0 Å². The summed E-state index contributed by atoms with van der Waals surface area (Å²) in [4.78, 5) is 2.22. The van der Waals surface area contributed by atoms with Crippen LogP contribution >= 0.6 is 0 Å². The van der Waals surface area contributed by atoms with E-state index < -0.39 is 5.60 Å². The number of nitrogens with zero attached hydrogens (tertiary/aromatic N) is 2. The molecule has 0 radical (unpaired) electrons. The molecular formula is C25H22N2O. The van der Waals surface area contributed by atoms with Crippen molar-refractivity contribution in [2.75, 3.05) is 11.5 Å². The minimum atomic E-state index is -0.453. The van der Waals surface area contributed by atoms with E-state index in [1.54, 1.807) is 0 Å². The Morgan fingerprint density at radius 1 is 0.786 bits per heavy atom. The molecule has 0 N–H and O–H groups in total. The van der Waals surface area contributed by atoms with Crippen LogP contribution in [0.5, 0.6) is 0 Å². The second-order valence-corrected chi connectivity index (χ2v) is 7.32. The average Bonchev–Trinajstić information content (AvgIpc) is 3.05. The third-order valence-corrected chi connectivity index (χ3v) is 5.06. The molecule has 1 aliphatic heterocycles. The zero-order valence-electron chi connectivity index (χ0n) is 16.1. The van der Waals surface area contributed by atoms with Crippen molar-refractivity contribution in [2.45, 2.75) is 19.4 Å². The van der Waals surface area contributed by atoms with E-state index in [4.69, 9.17) is 4.74 Å². The maximum Gasteiger partial charge on any atom is 0.0976 e. The first kappa shape index (κ1) is 18.0. The zero-order chi connectivity index (χ0) is 19.6. The first-order chi connectivity index (χ1) is 13.6. The van der Waals surface area contributed by atoms with Crippen LogP contribution in [0.15, 0.2) is 90.5 Å². The van der Waals surface area contributed by atoms with Crippen molar-refractivity contribution in [3.8, 4) is 6.07 Å². The first-order valence-electron chi connectivity index (χ1n) is 9.38. The molecule has 0 saturated carbocycles. The summed E-state index contributed by atoms with van der Waals surface area (Å²) in [5.74, 6) is 0. The molecule has 28 heavy (non-hydrogen) atoms. The summed E-state index contributed by atoms with van der Waals surface area (Å²) in [6.45, 7) is 4.41. The predicted molar refractivity (Wildman–Crippen MR) is 114 cm³/mol. The molecule has 0 spiro atoms. The van der Waals surface area contributed by atoms with Gasteiger partial charge in [0.1, 0.15) is 0 Å². The van der Waals surface area contributed by atoms with E-state index in [0.29, 0.717) is 12.2 Å². The number of benzene rings is 3. The fraction of sp³-hybridized carbons (Fsp3) is 0.160. The summed E-state index contributed by atoms with van der Waals surface area (Å²) in [7, 11) is 0. The van der Waals surface area contributed by atoms with Gasteiger partial charge in [0.05, 0.1) is 23.9 Å². The van der Waals surface area contributed by atoms with Crippen molar-refractivity contribution in [2.24, 2.45) is 0 Å². The Labute approximate surface area is 166 Å². The zero-order valence-corrected chi connectivity index (χ0v) is 16.1. The van der Waals surface area contributed by atoms with Crippen LogP contribution in [-0.4, -0.2) is 12.2 Å². The molecule has 0 fully saturated rings. The van der Waals surface area contributed by atoms with Gasteiger partial charge in [0.15, 0.2) is 0 Å². The molecule has 0 unspecified atom stereocenters. The van der Waals surface area contributed by atoms with E-state index in [2.05, 4.69) is 59.5 Å². The maximum absolute atomic E-state index is 9.47. The lowest BCUT2D eigenvalue weighted by Crippen LogP contribution is -2.21. The first-order valence-corrected chi connectivity index (χ1v) is 9.38. The number of anilines is 3. The summed E-state index contributed by atoms with van der Waals surface area (Å²) in [6, 6.07) is 31.3. The highest BCUT2D eigenvalue weighted by Gasteiger charge is 2.34. The van der Waals surface area contributed by atoms with Crippen molar-refractivity contribution in [1.29, 1.82) is 5.26 Å². The van der Waals surface area contributed by atoms with E-state index in [1.165, 1.54) is 0 Å². The fourth-order valence-electron chi connectivity index (χ4n) is 3.75. The van der Waals surface area contributed by atoms with Crippen LogP contribution < -0.4 is 4.90 Å². The number of nitriles is 1. The number of rotatable bonds is 4. The topological polar surface area (TPSA) is 36.3 Å². The van der Waals surface area contributed by atoms with E-state index in [9.17, 15) is 5.26 Å². The second-order valence-electron chi connectivity index (χ2n) is 7.32. The van der Waals surface area contributed by atoms with Gasteiger partial charge >= 0.3 is 0 Å². The normalized spacial score (nSPS) is 15.3. The highest BCUT2D eigenvalue weighted by Crippen LogP contribution is 2.40. The predicted octanol–water partition coefficient (Wildman–Crippen LogP) is 6.24. The lowest BCUT2D eigenvalue weighted by molar-refractivity contribution is 0.0623. The van der Waals surface area contributed by atoms with Crippen LogP contribution in [0.3, 0.4) is 0 Å². The van der Waals surface area contributed by atoms with Crippen molar-refractivity contribution < 1.29 is 4.74 Å². The molecule has 3 heteroatoms. The van der Waals surface area contributed by atoms with Crippen LogP contribution in [0, 0.1) is 11.3 Å². The van der Waals surface area contributed by atoms with Gasteiger partial charge in [-0.2, -0.15) is 5.26 Å².